The number of aromatic nitrogens is 2. The molecule has 0 aliphatic heterocycles. The van der Waals surface area contributed by atoms with E-state index in [1.165, 1.54) is 0 Å². The van der Waals surface area contributed by atoms with E-state index in [1.807, 2.05) is 35.8 Å². The molecule has 16 heavy (non-hydrogen) atoms. The van der Waals surface area contributed by atoms with Gasteiger partial charge in [-0.3, -0.25) is 0 Å². The molecule has 0 amide bonds. The van der Waals surface area contributed by atoms with Crippen molar-refractivity contribution in [2.75, 3.05) is 5.73 Å². The molecule has 2 N–H and O–H groups in total. The molecule has 0 radical (unpaired) electrons. The summed E-state index contributed by atoms with van der Waals surface area (Å²) in [5.74, 6) is 0.448. The normalized spacial score (nSPS) is 12.6. The van der Waals surface area contributed by atoms with Crippen LogP contribution in [0.25, 0.3) is 0 Å². The molecule has 0 fully saturated rings. The maximum Gasteiger partial charge on any atom is 0.147 e. The van der Waals surface area contributed by atoms with Crippen molar-refractivity contribution >= 4 is 5.69 Å². The van der Waals surface area contributed by atoms with Crippen LogP contribution >= 0.6 is 0 Å². The monoisotopic (exact) mass is 219 g/mol. The minimum atomic E-state index is -0.549. The van der Waals surface area contributed by atoms with Gasteiger partial charge in [0.1, 0.15) is 12.5 Å². The molecule has 1 unspecified atom stereocenters. The van der Waals surface area contributed by atoms with Gasteiger partial charge in [0.15, 0.2) is 0 Å². The number of nitrogen functional groups attached to an aromatic ring is 1. The van der Waals surface area contributed by atoms with Crippen molar-refractivity contribution in [2.45, 2.75) is 19.6 Å². The number of rotatable bonds is 3. The average molecular weight is 219 g/mol. The predicted octanol–water partition coefficient (Wildman–Crippen LogP) is 2.54. The van der Waals surface area contributed by atoms with E-state index in [9.17, 15) is 4.39 Å². The van der Waals surface area contributed by atoms with Crippen LogP contribution in [-0.4, -0.2) is 9.55 Å². The summed E-state index contributed by atoms with van der Waals surface area (Å²) in [6.07, 6.45) is 3.40. The zero-order valence-corrected chi connectivity index (χ0v) is 9.10. The summed E-state index contributed by atoms with van der Waals surface area (Å²) in [5.41, 5.74) is 7.44. The van der Waals surface area contributed by atoms with Crippen LogP contribution in [0.1, 0.15) is 24.4 Å². The molecule has 0 bridgehead atoms. The highest BCUT2D eigenvalue weighted by atomic mass is 19.1. The van der Waals surface area contributed by atoms with Gasteiger partial charge in [-0.05, 0) is 24.6 Å². The van der Waals surface area contributed by atoms with E-state index in [0.717, 1.165) is 11.3 Å². The molecule has 0 saturated carbocycles. The maximum absolute atomic E-state index is 12.7. The van der Waals surface area contributed by atoms with Crippen LogP contribution in [0.3, 0.4) is 0 Å². The minimum Gasteiger partial charge on any atom is -0.399 e. The molecule has 1 aromatic carbocycles. The highest BCUT2D eigenvalue weighted by molar-refractivity contribution is 5.40. The van der Waals surface area contributed by atoms with E-state index in [0.29, 0.717) is 5.82 Å². The maximum atomic E-state index is 12.7. The van der Waals surface area contributed by atoms with Gasteiger partial charge in [0.25, 0.3) is 0 Å². The van der Waals surface area contributed by atoms with Crippen molar-refractivity contribution < 1.29 is 4.39 Å². The fraction of sp³-hybridized carbons (Fsp3) is 0.250. The molecule has 0 spiro atoms. The SMILES string of the molecule is CC(c1ccc(N)cc1)n1ccnc1CF. The topological polar surface area (TPSA) is 43.8 Å². The molecule has 84 valence electrons. The summed E-state index contributed by atoms with van der Waals surface area (Å²) < 4.78 is 14.5. The van der Waals surface area contributed by atoms with Crippen LogP contribution in [0.4, 0.5) is 10.1 Å². The van der Waals surface area contributed by atoms with Gasteiger partial charge in [-0.2, -0.15) is 0 Å². The van der Waals surface area contributed by atoms with Gasteiger partial charge < -0.3 is 10.3 Å². The molecule has 0 aliphatic rings. The Labute approximate surface area is 93.7 Å². The lowest BCUT2D eigenvalue weighted by molar-refractivity contribution is 0.439. The summed E-state index contributed by atoms with van der Waals surface area (Å²) in [7, 11) is 0. The van der Waals surface area contributed by atoms with Crippen LogP contribution in [0.2, 0.25) is 0 Å². The minimum absolute atomic E-state index is 0.0637. The molecule has 1 atom stereocenters. The summed E-state index contributed by atoms with van der Waals surface area (Å²) >= 11 is 0. The third kappa shape index (κ3) is 1.91. The molecule has 0 aliphatic carbocycles. The summed E-state index contributed by atoms with van der Waals surface area (Å²) in [6.45, 7) is 1.46. The van der Waals surface area contributed by atoms with Crippen LogP contribution < -0.4 is 5.73 Å². The highest BCUT2D eigenvalue weighted by Crippen LogP contribution is 2.20. The lowest BCUT2D eigenvalue weighted by Gasteiger charge is -2.15. The Morgan fingerprint density at radius 2 is 2.06 bits per heavy atom. The first-order valence-electron chi connectivity index (χ1n) is 5.15. The second-order valence-corrected chi connectivity index (χ2v) is 3.73. The quantitative estimate of drug-likeness (QED) is 0.806. The van der Waals surface area contributed by atoms with Crippen LogP contribution in [-0.2, 0) is 6.67 Å². The Morgan fingerprint density at radius 1 is 1.38 bits per heavy atom. The van der Waals surface area contributed by atoms with Crippen molar-refractivity contribution in [1.82, 2.24) is 9.55 Å². The lowest BCUT2D eigenvalue weighted by Crippen LogP contribution is -2.09. The van der Waals surface area contributed by atoms with E-state index in [-0.39, 0.29) is 6.04 Å². The first kappa shape index (κ1) is 10.7. The number of nitrogens with zero attached hydrogens (tertiary/aromatic N) is 2. The van der Waals surface area contributed by atoms with Crippen molar-refractivity contribution in [3.63, 3.8) is 0 Å². The molecule has 0 saturated heterocycles. The molecule has 4 heteroatoms. The molecule has 3 nitrogen and oxygen atoms in total. The summed E-state index contributed by atoms with van der Waals surface area (Å²) in [4.78, 5) is 3.96. The van der Waals surface area contributed by atoms with E-state index >= 15 is 0 Å². The zero-order valence-electron chi connectivity index (χ0n) is 9.10. The molecule has 2 aromatic rings. The Balaban J connectivity index is 2.31. The number of imidazole rings is 1. The van der Waals surface area contributed by atoms with Crippen LogP contribution in [0.15, 0.2) is 36.7 Å². The fourth-order valence-corrected chi connectivity index (χ4v) is 1.74. The molecule has 1 heterocycles. The van der Waals surface area contributed by atoms with Gasteiger partial charge in [0.05, 0.1) is 6.04 Å². The van der Waals surface area contributed by atoms with E-state index in [4.69, 9.17) is 5.73 Å². The van der Waals surface area contributed by atoms with Crippen LogP contribution in [0.5, 0.6) is 0 Å². The van der Waals surface area contributed by atoms with Crippen molar-refractivity contribution in [3.8, 4) is 0 Å². The van der Waals surface area contributed by atoms with E-state index in [2.05, 4.69) is 4.98 Å². The average Bonchev–Trinajstić information content (AvgIpc) is 2.77. The first-order chi connectivity index (χ1) is 7.72. The van der Waals surface area contributed by atoms with Crippen molar-refractivity contribution in [2.24, 2.45) is 0 Å². The number of alkyl halides is 1. The largest absolute Gasteiger partial charge is 0.399 e. The van der Waals surface area contributed by atoms with Gasteiger partial charge in [-0.1, -0.05) is 12.1 Å². The number of nitrogens with two attached hydrogens (primary N) is 1. The van der Waals surface area contributed by atoms with Gasteiger partial charge in [-0.15, -0.1) is 0 Å². The van der Waals surface area contributed by atoms with Gasteiger partial charge >= 0.3 is 0 Å². The van der Waals surface area contributed by atoms with Gasteiger partial charge in [-0.25, -0.2) is 9.37 Å². The number of anilines is 1. The smallest absolute Gasteiger partial charge is 0.147 e. The van der Waals surface area contributed by atoms with Crippen LogP contribution in [0, 0.1) is 0 Å². The van der Waals surface area contributed by atoms with Crippen molar-refractivity contribution in [1.29, 1.82) is 0 Å². The third-order valence-corrected chi connectivity index (χ3v) is 2.70. The van der Waals surface area contributed by atoms with Gasteiger partial charge in [0, 0.05) is 18.1 Å². The Hall–Kier alpha value is -1.84. The predicted molar refractivity (Wildman–Crippen MR) is 61.7 cm³/mol. The molecular formula is C12H14FN3. The van der Waals surface area contributed by atoms with E-state index < -0.39 is 6.67 Å². The Morgan fingerprint density at radius 3 is 2.69 bits per heavy atom. The Bertz CT molecular complexity index is 461. The molecule has 1 aromatic heterocycles. The number of benzene rings is 1. The third-order valence-electron chi connectivity index (χ3n) is 2.70. The fourth-order valence-electron chi connectivity index (χ4n) is 1.74. The standard InChI is InChI=1S/C12H14FN3/c1-9(10-2-4-11(14)5-3-10)16-7-6-15-12(16)8-13/h2-7,9H,8,14H2,1H3. The second-order valence-electron chi connectivity index (χ2n) is 3.73. The molecule has 2 rings (SSSR count). The van der Waals surface area contributed by atoms with E-state index in [1.54, 1.807) is 12.4 Å². The number of halogens is 1. The zero-order chi connectivity index (χ0) is 11.5. The second kappa shape index (κ2) is 4.35. The summed E-state index contributed by atoms with van der Waals surface area (Å²) in [5, 5.41) is 0. The van der Waals surface area contributed by atoms with Gasteiger partial charge in [0.2, 0.25) is 0 Å². The first-order valence-corrected chi connectivity index (χ1v) is 5.15. The number of hydrogen-bond donors (Lipinski definition) is 1. The highest BCUT2D eigenvalue weighted by Gasteiger charge is 2.11. The molecular weight excluding hydrogens is 205 g/mol. The number of hydrogen-bond acceptors (Lipinski definition) is 2. The Kier molecular flexibility index (Phi) is 2.90. The summed E-state index contributed by atoms with van der Waals surface area (Å²) in [6, 6.07) is 7.65. The lowest BCUT2D eigenvalue weighted by atomic mass is 10.1. The van der Waals surface area contributed by atoms with Crippen molar-refractivity contribution in [3.05, 3.63) is 48.0 Å².